The standard InChI is InChI=1S/C8H14N2O7P2/c1-2-3-4-6-5-7(10-17-6)9-8(18(11,12)13)19(14,15)16/h5,11-13H,2-4H2,1H3,(H-,14,15,16)/p+1. The fourth-order valence-corrected chi connectivity index (χ4v) is 3.10. The fourth-order valence-electron chi connectivity index (χ4n) is 1.23. The molecule has 0 saturated heterocycles. The molecule has 1 rings (SSSR count). The first-order chi connectivity index (χ1) is 8.64. The van der Waals surface area contributed by atoms with Crippen molar-refractivity contribution in [3.8, 4) is 0 Å². The molecule has 19 heavy (non-hydrogen) atoms. The quantitative estimate of drug-likeness (QED) is 0.383. The van der Waals surface area contributed by atoms with Crippen LogP contribution in [0.15, 0.2) is 15.6 Å². The van der Waals surface area contributed by atoms with Crippen molar-refractivity contribution >= 4 is 26.6 Å². The van der Waals surface area contributed by atoms with E-state index in [4.69, 9.17) is 29.0 Å². The molecule has 0 saturated carbocycles. The maximum atomic E-state index is 11.0. The minimum atomic E-state index is -5.11. The Morgan fingerprint density at radius 3 is 2.58 bits per heavy atom. The highest BCUT2D eigenvalue weighted by Crippen LogP contribution is 2.60. The molecule has 0 amide bonds. The first-order valence-corrected chi connectivity index (χ1v) is 8.58. The van der Waals surface area contributed by atoms with E-state index < -0.39 is 20.7 Å². The Labute approximate surface area is 109 Å². The van der Waals surface area contributed by atoms with E-state index in [1.165, 1.54) is 6.07 Å². The molecule has 1 heterocycles. The molecule has 0 aliphatic rings. The number of unbranched alkanes of at least 4 members (excludes halogenated alkanes) is 1. The molecule has 0 bridgehead atoms. The third-order valence-corrected chi connectivity index (χ3v) is 4.91. The second-order valence-corrected chi connectivity index (χ2v) is 7.20. The molecule has 0 aliphatic carbocycles. The molecule has 0 fully saturated rings. The molecule has 0 atom stereocenters. The minimum Gasteiger partial charge on any atom is -0.359 e. The highest BCUT2D eigenvalue weighted by molar-refractivity contribution is 8.00. The second kappa shape index (κ2) is 6.19. The summed E-state index contributed by atoms with van der Waals surface area (Å²) in [5, 5.41) is 2.01. The van der Waals surface area contributed by atoms with E-state index in [1.807, 2.05) is 6.92 Å². The lowest BCUT2D eigenvalue weighted by molar-refractivity contribution is 0.349. The van der Waals surface area contributed by atoms with E-state index in [0.717, 1.165) is 12.8 Å². The van der Waals surface area contributed by atoms with Gasteiger partial charge in [0.05, 0.1) is 0 Å². The van der Waals surface area contributed by atoms with Crippen molar-refractivity contribution in [3.63, 3.8) is 0 Å². The van der Waals surface area contributed by atoms with Gasteiger partial charge in [-0.2, -0.15) is 19.7 Å². The van der Waals surface area contributed by atoms with E-state index in [1.54, 1.807) is 0 Å². The molecule has 9 nitrogen and oxygen atoms in total. The van der Waals surface area contributed by atoms with Gasteiger partial charge in [0, 0.05) is 12.5 Å². The van der Waals surface area contributed by atoms with Crippen LogP contribution in [0.1, 0.15) is 25.5 Å². The minimum absolute atomic E-state index is 0.244. The van der Waals surface area contributed by atoms with E-state index in [9.17, 15) is 4.57 Å². The Balaban J connectivity index is 3.03. The number of aryl methyl sites for hydroxylation is 1. The van der Waals surface area contributed by atoms with Crippen LogP contribution < -0.4 is 0 Å². The first-order valence-electron chi connectivity index (χ1n) is 5.33. The van der Waals surface area contributed by atoms with Crippen LogP contribution in [-0.2, 0) is 11.0 Å². The smallest absolute Gasteiger partial charge is 0.359 e. The Bertz CT molecular complexity index is 501. The Morgan fingerprint density at radius 2 is 2.11 bits per heavy atom. The largest absolute Gasteiger partial charge is 0.469 e. The van der Waals surface area contributed by atoms with Crippen molar-refractivity contribution in [2.24, 2.45) is 4.99 Å². The summed E-state index contributed by atoms with van der Waals surface area (Å²) in [5.74, 6) is 0.203. The molecule has 0 unspecified atom stereocenters. The summed E-state index contributed by atoms with van der Waals surface area (Å²) < 4.78 is 15.9. The lowest BCUT2D eigenvalue weighted by atomic mass is 10.2. The summed E-state index contributed by atoms with van der Waals surface area (Å²) in [4.78, 5) is 48.0. The summed E-state index contributed by atoms with van der Waals surface area (Å²) in [5.41, 5.74) is 0. The monoisotopic (exact) mass is 313 g/mol. The molecular formula is C8H15N2O7P2+. The predicted octanol–water partition coefficient (Wildman–Crippen LogP) is 0.922. The van der Waals surface area contributed by atoms with Crippen molar-refractivity contribution in [1.29, 1.82) is 0 Å². The van der Waals surface area contributed by atoms with E-state index >= 15 is 0 Å². The molecule has 11 heteroatoms. The zero-order chi connectivity index (χ0) is 14.7. The summed E-state index contributed by atoms with van der Waals surface area (Å²) in [7, 11) is -10.0. The van der Waals surface area contributed by atoms with E-state index in [-0.39, 0.29) is 5.82 Å². The highest BCUT2D eigenvalue weighted by Gasteiger charge is 2.52. The van der Waals surface area contributed by atoms with Gasteiger partial charge in [0.15, 0.2) is 5.82 Å². The third-order valence-electron chi connectivity index (χ3n) is 2.07. The zero-order valence-electron chi connectivity index (χ0n) is 10.0. The van der Waals surface area contributed by atoms with Crippen molar-refractivity contribution in [3.05, 3.63) is 11.8 Å². The number of aromatic nitrogens is 1. The molecule has 0 aromatic carbocycles. The van der Waals surface area contributed by atoms with Gasteiger partial charge >= 0.3 is 20.7 Å². The number of hydrogen-bond donors (Lipinski definition) is 5. The molecule has 1 aromatic heterocycles. The van der Waals surface area contributed by atoms with Gasteiger partial charge in [-0.15, -0.1) is 0 Å². The van der Waals surface area contributed by atoms with Gasteiger partial charge in [0.1, 0.15) is 5.76 Å². The molecule has 1 aromatic rings. The molecule has 0 aliphatic heterocycles. The molecule has 5 N–H and O–H groups in total. The van der Waals surface area contributed by atoms with Gasteiger partial charge in [-0.3, -0.25) is 0 Å². The summed E-state index contributed by atoms with van der Waals surface area (Å²) in [6.07, 6.45) is 2.33. The van der Waals surface area contributed by atoms with Crippen molar-refractivity contribution in [1.82, 2.24) is 5.16 Å². The number of aliphatic imine (C=N–C) groups is 1. The summed E-state index contributed by atoms with van der Waals surface area (Å²) >= 11 is 0. The van der Waals surface area contributed by atoms with Crippen LogP contribution in [-0.4, -0.2) is 34.8 Å². The topological polar surface area (TPSA) is 157 Å². The lowest BCUT2D eigenvalue weighted by Crippen LogP contribution is -2.05. The van der Waals surface area contributed by atoms with Crippen LogP contribution in [0.3, 0.4) is 0 Å². The van der Waals surface area contributed by atoms with Crippen molar-refractivity contribution in [2.45, 2.75) is 26.2 Å². The second-order valence-electron chi connectivity index (χ2n) is 3.78. The first kappa shape index (κ1) is 16.4. The predicted molar refractivity (Wildman–Crippen MR) is 67.8 cm³/mol. The van der Waals surface area contributed by atoms with Crippen LogP contribution in [0.25, 0.3) is 0 Å². The molecular weight excluding hydrogens is 298 g/mol. The number of nitrogens with zero attached hydrogens (tertiary/aromatic N) is 2. The Morgan fingerprint density at radius 1 is 1.47 bits per heavy atom. The molecule has 0 radical (unpaired) electrons. The van der Waals surface area contributed by atoms with Crippen LogP contribution in [0.5, 0.6) is 0 Å². The van der Waals surface area contributed by atoms with Crippen LogP contribution in [0.4, 0.5) is 5.82 Å². The Kier molecular flexibility index (Phi) is 5.34. The van der Waals surface area contributed by atoms with Crippen LogP contribution in [0, 0.1) is 0 Å². The van der Waals surface area contributed by atoms with Gasteiger partial charge in [0.2, 0.25) is 0 Å². The summed E-state index contributed by atoms with van der Waals surface area (Å²) in [6, 6.07) is 1.31. The van der Waals surface area contributed by atoms with Crippen molar-refractivity contribution < 1.29 is 33.6 Å². The van der Waals surface area contributed by atoms with Gasteiger partial charge in [-0.25, -0.2) is 4.57 Å². The average Bonchev–Trinajstić information content (AvgIpc) is 2.67. The number of hydrogen-bond acceptors (Lipinski definition) is 7. The third kappa shape index (κ3) is 5.08. The highest BCUT2D eigenvalue weighted by atomic mass is 31.3. The fraction of sp³-hybridized carbons (Fsp3) is 0.500. The SMILES string of the molecule is CCCCc1cc(N=C(P(=O)(O)O)[P+](O)(O)O)no1. The zero-order valence-corrected chi connectivity index (χ0v) is 11.8. The van der Waals surface area contributed by atoms with E-state index in [2.05, 4.69) is 10.1 Å². The normalized spacial score (nSPS) is 13.9. The number of rotatable bonds is 6. The average molecular weight is 313 g/mol. The van der Waals surface area contributed by atoms with Crippen LogP contribution >= 0.6 is 15.5 Å². The molecule has 0 spiro atoms. The van der Waals surface area contributed by atoms with Gasteiger partial charge in [0.25, 0.3) is 0 Å². The Hall–Kier alpha value is -0.660. The summed E-state index contributed by atoms with van der Waals surface area (Å²) in [6.45, 7) is 1.98. The van der Waals surface area contributed by atoms with Crippen LogP contribution in [0.2, 0.25) is 0 Å². The van der Waals surface area contributed by atoms with Crippen molar-refractivity contribution in [2.75, 3.05) is 0 Å². The maximum absolute atomic E-state index is 11.0. The van der Waals surface area contributed by atoms with Gasteiger partial charge in [-0.1, -0.05) is 18.5 Å². The maximum Gasteiger partial charge on any atom is 0.469 e. The van der Waals surface area contributed by atoms with Gasteiger partial charge in [-0.05, 0) is 6.42 Å². The molecule has 108 valence electrons. The van der Waals surface area contributed by atoms with E-state index in [0.29, 0.717) is 12.2 Å². The lowest BCUT2D eigenvalue weighted by Gasteiger charge is -2.06. The van der Waals surface area contributed by atoms with Gasteiger partial charge < -0.3 is 14.3 Å².